The molecule has 0 N–H and O–H groups in total. The van der Waals surface area contributed by atoms with Crippen LogP contribution in [0.3, 0.4) is 0 Å². The van der Waals surface area contributed by atoms with Crippen LogP contribution >= 0.6 is 0 Å². The molecule has 1 aliphatic heterocycles. The van der Waals surface area contributed by atoms with Crippen molar-refractivity contribution in [1.82, 2.24) is 4.90 Å². The highest BCUT2D eigenvalue weighted by Crippen LogP contribution is 2.30. The van der Waals surface area contributed by atoms with Crippen LogP contribution in [0.4, 0.5) is 0 Å². The standard InChI is InChI=1S/C21H33NO3/c1-16-10-12-22(15-16)18-6-4-5-7-19(18)25-13-11-17-8-9-20(23-2)21(14-17)24-3/h8-9,14,16,18-19H,4-7,10-13,15H2,1-3H3/t16-,18?,19+/m1/s1. The van der Waals surface area contributed by atoms with E-state index in [2.05, 4.69) is 24.0 Å². The molecule has 140 valence electrons. The Hall–Kier alpha value is -1.26. The summed E-state index contributed by atoms with van der Waals surface area (Å²) in [5, 5.41) is 0. The molecule has 4 heteroatoms. The van der Waals surface area contributed by atoms with Crippen molar-refractivity contribution >= 4 is 0 Å². The smallest absolute Gasteiger partial charge is 0.160 e. The summed E-state index contributed by atoms with van der Waals surface area (Å²) in [4.78, 5) is 2.69. The molecule has 2 aliphatic rings. The number of hydrogen-bond donors (Lipinski definition) is 0. The van der Waals surface area contributed by atoms with Gasteiger partial charge in [0.2, 0.25) is 0 Å². The van der Waals surface area contributed by atoms with Gasteiger partial charge in [-0.05, 0) is 55.8 Å². The predicted octanol–water partition coefficient (Wildman–Crippen LogP) is 3.92. The van der Waals surface area contributed by atoms with Crippen LogP contribution in [0.25, 0.3) is 0 Å². The lowest BCUT2D eigenvalue weighted by molar-refractivity contribution is -0.0298. The minimum atomic E-state index is 0.402. The summed E-state index contributed by atoms with van der Waals surface area (Å²) >= 11 is 0. The zero-order valence-electron chi connectivity index (χ0n) is 16.0. The SMILES string of the molecule is COc1ccc(CCO[C@H]2CCCCC2N2CC[C@@H](C)C2)cc1OC. The summed E-state index contributed by atoms with van der Waals surface area (Å²) in [5.74, 6) is 2.42. The number of rotatable bonds is 7. The molecular weight excluding hydrogens is 314 g/mol. The topological polar surface area (TPSA) is 30.9 Å². The number of nitrogens with zero attached hydrogens (tertiary/aromatic N) is 1. The van der Waals surface area contributed by atoms with Crippen molar-refractivity contribution in [3.63, 3.8) is 0 Å². The molecule has 0 spiro atoms. The van der Waals surface area contributed by atoms with Crippen LogP contribution in [0.5, 0.6) is 11.5 Å². The number of hydrogen-bond acceptors (Lipinski definition) is 4. The lowest BCUT2D eigenvalue weighted by atomic mass is 9.91. The monoisotopic (exact) mass is 347 g/mol. The summed E-state index contributed by atoms with van der Waals surface area (Å²) in [6, 6.07) is 6.76. The van der Waals surface area contributed by atoms with E-state index in [0.717, 1.165) is 30.4 Å². The Morgan fingerprint density at radius 1 is 1.04 bits per heavy atom. The second-order valence-electron chi connectivity index (χ2n) is 7.59. The summed E-state index contributed by atoms with van der Waals surface area (Å²) in [6.45, 7) is 5.65. The summed E-state index contributed by atoms with van der Waals surface area (Å²) in [5.41, 5.74) is 1.24. The van der Waals surface area contributed by atoms with E-state index in [0.29, 0.717) is 12.1 Å². The maximum absolute atomic E-state index is 6.36. The van der Waals surface area contributed by atoms with Crippen LogP contribution < -0.4 is 9.47 Å². The van der Waals surface area contributed by atoms with E-state index in [1.165, 1.54) is 50.8 Å². The van der Waals surface area contributed by atoms with Crippen molar-refractivity contribution in [2.24, 2.45) is 5.92 Å². The largest absolute Gasteiger partial charge is 0.493 e. The van der Waals surface area contributed by atoms with Crippen molar-refractivity contribution in [3.8, 4) is 11.5 Å². The van der Waals surface area contributed by atoms with Gasteiger partial charge in [0.25, 0.3) is 0 Å². The molecule has 1 aromatic rings. The third-order valence-corrected chi connectivity index (χ3v) is 5.76. The molecule has 1 aliphatic carbocycles. The van der Waals surface area contributed by atoms with Crippen LogP contribution in [0.2, 0.25) is 0 Å². The summed E-state index contributed by atoms with van der Waals surface area (Å²) in [7, 11) is 3.35. The highest BCUT2D eigenvalue weighted by molar-refractivity contribution is 5.42. The molecule has 1 heterocycles. The van der Waals surface area contributed by atoms with E-state index >= 15 is 0 Å². The van der Waals surface area contributed by atoms with Crippen LogP contribution in [-0.4, -0.2) is 51.0 Å². The van der Waals surface area contributed by atoms with Gasteiger partial charge >= 0.3 is 0 Å². The van der Waals surface area contributed by atoms with Gasteiger partial charge in [0, 0.05) is 12.6 Å². The Balaban J connectivity index is 1.53. The molecule has 0 amide bonds. The summed E-state index contributed by atoms with van der Waals surface area (Å²) in [6.07, 6.45) is 7.83. The maximum Gasteiger partial charge on any atom is 0.160 e. The van der Waals surface area contributed by atoms with Gasteiger partial charge in [0.15, 0.2) is 11.5 Å². The highest BCUT2D eigenvalue weighted by atomic mass is 16.5. The van der Waals surface area contributed by atoms with Crippen molar-refractivity contribution < 1.29 is 14.2 Å². The molecule has 1 unspecified atom stereocenters. The van der Waals surface area contributed by atoms with E-state index in [1.54, 1.807) is 14.2 Å². The highest BCUT2D eigenvalue weighted by Gasteiger charge is 2.33. The average molecular weight is 347 g/mol. The zero-order chi connectivity index (χ0) is 17.6. The fourth-order valence-electron chi connectivity index (χ4n) is 4.32. The van der Waals surface area contributed by atoms with Gasteiger partial charge in [-0.1, -0.05) is 25.8 Å². The van der Waals surface area contributed by atoms with Gasteiger partial charge in [-0.15, -0.1) is 0 Å². The van der Waals surface area contributed by atoms with Crippen LogP contribution in [0.15, 0.2) is 18.2 Å². The zero-order valence-corrected chi connectivity index (χ0v) is 16.0. The first kappa shape index (κ1) is 18.5. The van der Waals surface area contributed by atoms with Gasteiger partial charge in [-0.3, -0.25) is 4.90 Å². The second kappa shape index (κ2) is 8.91. The Labute approximate surface area is 152 Å². The lowest BCUT2D eigenvalue weighted by Gasteiger charge is -2.38. The van der Waals surface area contributed by atoms with Crippen molar-refractivity contribution in [2.45, 2.75) is 57.6 Å². The maximum atomic E-state index is 6.36. The van der Waals surface area contributed by atoms with Crippen molar-refractivity contribution in [1.29, 1.82) is 0 Å². The molecule has 3 rings (SSSR count). The van der Waals surface area contributed by atoms with Crippen LogP contribution in [0.1, 0.15) is 44.6 Å². The van der Waals surface area contributed by atoms with E-state index in [4.69, 9.17) is 14.2 Å². The molecule has 2 fully saturated rings. The van der Waals surface area contributed by atoms with Gasteiger partial charge in [0.1, 0.15) is 0 Å². The van der Waals surface area contributed by atoms with Crippen molar-refractivity contribution in [3.05, 3.63) is 23.8 Å². The van der Waals surface area contributed by atoms with E-state index < -0.39 is 0 Å². The average Bonchev–Trinajstić information content (AvgIpc) is 3.08. The molecule has 4 nitrogen and oxygen atoms in total. The minimum absolute atomic E-state index is 0.402. The number of benzene rings is 1. The first-order valence-corrected chi connectivity index (χ1v) is 9.78. The molecule has 25 heavy (non-hydrogen) atoms. The fourth-order valence-corrected chi connectivity index (χ4v) is 4.32. The quantitative estimate of drug-likeness (QED) is 0.748. The van der Waals surface area contributed by atoms with Gasteiger partial charge in [-0.2, -0.15) is 0 Å². The number of methoxy groups -OCH3 is 2. The minimum Gasteiger partial charge on any atom is -0.493 e. The van der Waals surface area contributed by atoms with Crippen molar-refractivity contribution in [2.75, 3.05) is 33.9 Å². The number of ether oxygens (including phenoxy) is 3. The van der Waals surface area contributed by atoms with Gasteiger partial charge < -0.3 is 14.2 Å². The first-order valence-electron chi connectivity index (χ1n) is 9.78. The fraction of sp³-hybridized carbons (Fsp3) is 0.714. The summed E-state index contributed by atoms with van der Waals surface area (Å²) < 4.78 is 17.1. The third-order valence-electron chi connectivity index (χ3n) is 5.76. The Bertz CT molecular complexity index is 548. The molecule has 1 saturated carbocycles. The Kier molecular flexibility index (Phi) is 6.60. The van der Waals surface area contributed by atoms with Crippen LogP contribution in [-0.2, 0) is 11.2 Å². The molecule has 1 aromatic carbocycles. The van der Waals surface area contributed by atoms with Gasteiger partial charge in [-0.25, -0.2) is 0 Å². The van der Waals surface area contributed by atoms with Crippen LogP contribution in [0, 0.1) is 5.92 Å². The molecule has 3 atom stereocenters. The third kappa shape index (κ3) is 4.68. The van der Waals surface area contributed by atoms with E-state index in [-0.39, 0.29) is 0 Å². The lowest BCUT2D eigenvalue weighted by Crippen LogP contribution is -2.45. The van der Waals surface area contributed by atoms with E-state index in [9.17, 15) is 0 Å². The first-order chi connectivity index (χ1) is 12.2. The predicted molar refractivity (Wildman–Crippen MR) is 101 cm³/mol. The molecule has 1 saturated heterocycles. The van der Waals surface area contributed by atoms with E-state index in [1.807, 2.05) is 6.07 Å². The molecule has 0 bridgehead atoms. The second-order valence-corrected chi connectivity index (χ2v) is 7.59. The number of likely N-dealkylation sites (tertiary alicyclic amines) is 1. The Morgan fingerprint density at radius 2 is 1.84 bits per heavy atom. The molecule has 0 radical (unpaired) electrons. The molecule has 0 aromatic heterocycles. The molecular formula is C21H33NO3. The normalized spacial score (nSPS) is 27.4. The van der Waals surface area contributed by atoms with Gasteiger partial charge in [0.05, 0.1) is 26.9 Å². The Morgan fingerprint density at radius 3 is 2.56 bits per heavy atom.